The zero-order valence-corrected chi connectivity index (χ0v) is 12.5. The van der Waals surface area contributed by atoms with E-state index in [1.54, 1.807) is 18.3 Å². The first-order valence-electron chi connectivity index (χ1n) is 6.87. The van der Waals surface area contributed by atoms with Crippen LogP contribution in [-0.4, -0.2) is 27.7 Å². The molecule has 108 valence electrons. The topological polar surface area (TPSA) is 63.8 Å². The van der Waals surface area contributed by atoms with Crippen molar-refractivity contribution >= 4 is 11.6 Å². The van der Waals surface area contributed by atoms with Crippen molar-refractivity contribution in [1.82, 2.24) is 20.4 Å². The quantitative estimate of drug-likeness (QED) is 0.850. The first-order chi connectivity index (χ1) is 9.69. The van der Waals surface area contributed by atoms with E-state index >= 15 is 0 Å². The molecule has 0 saturated heterocycles. The highest BCUT2D eigenvalue weighted by atomic mass is 35.5. The second-order valence-corrected chi connectivity index (χ2v) is 5.20. The number of halogens is 1. The highest BCUT2D eigenvalue weighted by molar-refractivity contribution is 6.30. The zero-order valence-electron chi connectivity index (χ0n) is 11.8. The summed E-state index contributed by atoms with van der Waals surface area (Å²) >= 11 is 5.80. The molecule has 1 N–H and O–H groups in total. The lowest BCUT2D eigenvalue weighted by Gasteiger charge is -2.10. The summed E-state index contributed by atoms with van der Waals surface area (Å²) in [7, 11) is 0. The first kappa shape index (κ1) is 14.9. The number of pyridine rings is 1. The van der Waals surface area contributed by atoms with Gasteiger partial charge in [0, 0.05) is 18.7 Å². The third-order valence-corrected chi connectivity index (χ3v) is 3.18. The molecular formula is C14H19ClN4O. The average molecular weight is 295 g/mol. The maximum atomic E-state index is 5.80. The second kappa shape index (κ2) is 7.36. The fraction of sp³-hybridized carbons (Fsp3) is 0.500. The normalized spacial score (nSPS) is 12.6. The molecule has 0 amide bonds. The Morgan fingerprint density at radius 1 is 1.40 bits per heavy atom. The van der Waals surface area contributed by atoms with Crippen LogP contribution in [0.4, 0.5) is 0 Å². The Bertz CT molecular complexity index is 526. The second-order valence-electron chi connectivity index (χ2n) is 4.77. The maximum absolute atomic E-state index is 5.80. The number of nitrogens with zero attached hydrogens (tertiary/aromatic N) is 3. The van der Waals surface area contributed by atoms with Crippen molar-refractivity contribution in [3.8, 4) is 11.5 Å². The summed E-state index contributed by atoms with van der Waals surface area (Å²) in [5.41, 5.74) is 0.668. The number of aromatic nitrogens is 3. The Hall–Kier alpha value is -1.46. The molecule has 2 rings (SSSR count). The van der Waals surface area contributed by atoms with E-state index in [0.717, 1.165) is 25.8 Å². The van der Waals surface area contributed by atoms with Crippen molar-refractivity contribution in [2.24, 2.45) is 0 Å². The number of rotatable bonds is 7. The van der Waals surface area contributed by atoms with Crippen molar-refractivity contribution in [1.29, 1.82) is 0 Å². The third-order valence-electron chi connectivity index (χ3n) is 2.96. The zero-order chi connectivity index (χ0) is 14.4. The monoisotopic (exact) mass is 294 g/mol. The number of hydrogen-bond donors (Lipinski definition) is 1. The molecule has 2 aromatic heterocycles. The molecule has 5 nitrogen and oxygen atoms in total. The summed E-state index contributed by atoms with van der Waals surface area (Å²) in [5.74, 6) is 1.15. The molecule has 20 heavy (non-hydrogen) atoms. The van der Waals surface area contributed by atoms with Crippen LogP contribution in [0.1, 0.15) is 32.6 Å². The molecule has 1 atom stereocenters. The van der Waals surface area contributed by atoms with E-state index in [1.165, 1.54) is 0 Å². The van der Waals surface area contributed by atoms with E-state index < -0.39 is 0 Å². The largest absolute Gasteiger partial charge is 0.339 e. The summed E-state index contributed by atoms with van der Waals surface area (Å²) in [6.45, 7) is 5.35. The van der Waals surface area contributed by atoms with Crippen LogP contribution in [-0.2, 0) is 6.42 Å². The molecule has 2 aromatic rings. The van der Waals surface area contributed by atoms with Crippen LogP contribution >= 0.6 is 11.6 Å². The summed E-state index contributed by atoms with van der Waals surface area (Å²) in [5, 5.41) is 7.97. The standard InChI is InChI=1S/C14H19ClN4O/c1-3-8-16-10(2)4-7-13-18-14(19-20-13)12-6-5-11(15)9-17-12/h5-6,9-10,16H,3-4,7-8H2,1-2H3. The van der Waals surface area contributed by atoms with E-state index in [4.69, 9.17) is 16.1 Å². The minimum atomic E-state index is 0.443. The van der Waals surface area contributed by atoms with Crippen LogP contribution in [0, 0.1) is 0 Å². The lowest BCUT2D eigenvalue weighted by atomic mass is 10.2. The van der Waals surface area contributed by atoms with Crippen molar-refractivity contribution < 1.29 is 4.52 Å². The lowest BCUT2D eigenvalue weighted by molar-refractivity contribution is 0.367. The van der Waals surface area contributed by atoms with Gasteiger partial charge in [-0.25, -0.2) is 0 Å². The van der Waals surface area contributed by atoms with Crippen LogP contribution in [0.2, 0.25) is 5.02 Å². The molecule has 0 fully saturated rings. The molecule has 2 heterocycles. The van der Waals surface area contributed by atoms with Crippen LogP contribution in [0.25, 0.3) is 11.5 Å². The Labute approximate surface area is 123 Å². The van der Waals surface area contributed by atoms with Gasteiger partial charge in [-0.2, -0.15) is 4.98 Å². The number of aryl methyl sites for hydroxylation is 1. The summed E-state index contributed by atoms with van der Waals surface area (Å²) in [4.78, 5) is 8.52. The maximum Gasteiger partial charge on any atom is 0.227 e. The van der Waals surface area contributed by atoms with E-state index in [2.05, 4.69) is 34.3 Å². The molecule has 6 heteroatoms. The first-order valence-corrected chi connectivity index (χ1v) is 7.24. The van der Waals surface area contributed by atoms with Gasteiger partial charge in [-0.1, -0.05) is 23.7 Å². The van der Waals surface area contributed by atoms with Gasteiger partial charge in [-0.3, -0.25) is 4.98 Å². The highest BCUT2D eigenvalue weighted by Crippen LogP contribution is 2.16. The average Bonchev–Trinajstić information content (AvgIpc) is 2.92. The van der Waals surface area contributed by atoms with Gasteiger partial charge in [0.25, 0.3) is 0 Å². The molecule has 0 radical (unpaired) electrons. The fourth-order valence-electron chi connectivity index (χ4n) is 1.80. The van der Waals surface area contributed by atoms with Gasteiger partial charge in [-0.05, 0) is 38.4 Å². The molecule has 0 spiro atoms. The van der Waals surface area contributed by atoms with Gasteiger partial charge < -0.3 is 9.84 Å². The van der Waals surface area contributed by atoms with Crippen LogP contribution in [0.15, 0.2) is 22.9 Å². The Kier molecular flexibility index (Phi) is 5.49. The molecule has 0 aromatic carbocycles. The van der Waals surface area contributed by atoms with Gasteiger partial charge in [-0.15, -0.1) is 0 Å². The van der Waals surface area contributed by atoms with Gasteiger partial charge >= 0.3 is 0 Å². The fourth-order valence-corrected chi connectivity index (χ4v) is 1.91. The van der Waals surface area contributed by atoms with Crippen molar-refractivity contribution in [3.63, 3.8) is 0 Å². The third kappa shape index (κ3) is 4.28. The molecular weight excluding hydrogens is 276 g/mol. The van der Waals surface area contributed by atoms with Crippen molar-refractivity contribution in [3.05, 3.63) is 29.2 Å². The van der Waals surface area contributed by atoms with Crippen LogP contribution in [0.3, 0.4) is 0 Å². The molecule has 0 aliphatic heterocycles. The molecule has 0 bridgehead atoms. The predicted octanol–water partition coefficient (Wildman–Crippen LogP) is 3.11. The van der Waals surface area contributed by atoms with Gasteiger partial charge in [0.05, 0.1) is 5.02 Å². The van der Waals surface area contributed by atoms with E-state index in [9.17, 15) is 0 Å². The Morgan fingerprint density at radius 2 is 2.25 bits per heavy atom. The van der Waals surface area contributed by atoms with Gasteiger partial charge in [0.2, 0.25) is 11.7 Å². The van der Waals surface area contributed by atoms with Crippen LogP contribution < -0.4 is 5.32 Å². The van der Waals surface area contributed by atoms with Gasteiger partial charge in [0.1, 0.15) is 5.69 Å². The lowest BCUT2D eigenvalue weighted by Crippen LogP contribution is -2.27. The summed E-state index contributed by atoms with van der Waals surface area (Å²) in [6.07, 6.45) is 4.44. The summed E-state index contributed by atoms with van der Waals surface area (Å²) in [6, 6.07) is 3.98. The van der Waals surface area contributed by atoms with Crippen LogP contribution in [0.5, 0.6) is 0 Å². The summed E-state index contributed by atoms with van der Waals surface area (Å²) < 4.78 is 5.24. The molecule has 0 aliphatic carbocycles. The molecule has 0 saturated carbocycles. The molecule has 0 aliphatic rings. The smallest absolute Gasteiger partial charge is 0.227 e. The van der Waals surface area contributed by atoms with Crippen molar-refractivity contribution in [2.75, 3.05) is 6.54 Å². The molecule has 1 unspecified atom stereocenters. The van der Waals surface area contributed by atoms with E-state index in [0.29, 0.717) is 28.5 Å². The van der Waals surface area contributed by atoms with Gasteiger partial charge in [0.15, 0.2) is 0 Å². The van der Waals surface area contributed by atoms with E-state index in [1.807, 2.05) is 0 Å². The number of hydrogen-bond acceptors (Lipinski definition) is 5. The number of nitrogens with one attached hydrogen (secondary N) is 1. The highest BCUT2D eigenvalue weighted by Gasteiger charge is 2.11. The van der Waals surface area contributed by atoms with Crippen molar-refractivity contribution in [2.45, 2.75) is 39.2 Å². The Balaban J connectivity index is 1.90. The minimum Gasteiger partial charge on any atom is -0.339 e. The minimum absolute atomic E-state index is 0.443. The van der Waals surface area contributed by atoms with E-state index in [-0.39, 0.29) is 0 Å². The Morgan fingerprint density at radius 3 is 2.95 bits per heavy atom. The SMILES string of the molecule is CCCNC(C)CCc1nc(-c2ccc(Cl)cn2)no1. The predicted molar refractivity (Wildman–Crippen MR) is 78.6 cm³/mol.